The predicted octanol–water partition coefficient (Wildman–Crippen LogP) is 1.35. The Morgan fingerprint density at radius 2 is 2.00 bits per heavy atom. The minimum absolute atomic E-state index is 0.0451. The monoisotopic (exact) mass is 302 g/mol. The highest BCUT2D eigenvalue weighted by Crippen LogP contribution is 2.19. The average molecular weight is 302 g/mol. The Kier molecular flexibility index (Phi) is 7.76. The minimum atomic E-state index is -0.992. The number of carbonyl (C=O) groups excluding carboxylic acids is 1. The van der Waals surface area contributed by atoms with Crippen LogP contribution in [0.4, 0.5) is 0 Å². The zero-order chi connectivity index (χ0) is 15.0. The van der Waals surface area contributed by atoms with Gasteiger partial charge in [-0.15, -0.1) is 11.3 Å². The third kappa shape index (κ3) is 5.58. The third-order valence-corrected chi connectivity index (χ3v) is 4.00. The molecule has 114 valence electrons. The molecule has 0 aliphatic heterocycles. The molecule has 0 saturated heterocycles. The first-order valence-electron chi connectivity index (χ1n) is 6.81. The van der Waals surface area contributed by atoms with Crippen molar-refractivity contribution in [2.45, 2.75) is 44.8 Å². The Hall–Kier alpha value is -0.950. The Bertz CT molecular complexity index is 404. The van der Waals surface area contributed by atoms with Crippen LogP contribution in [0.5, 0.6) is 0 Å². The standard InChI is InChI=1S/C14H22O5S/c1-2-3-10-4-5-13(20-10)14(18)19-9-7-12(17)11(16)6-8-15/h4-5,11-12,15-17H,2-3,6-9H2,1H3. The second-order valence-corrected chi connectivity index (χ2v) is 5.76. The van der Waals surface area contributed by atoms with Gasteiger partial charge in [0.1, 0.15) is 4.88 Å². The molecule has 0 saturated carbocycles. The van der Waals surface area contributed by atoms with E-state index in [0.29, 0.717) is 4.88 Å². The van der Waals surface area contributed by atoms with Gasteiger partial charge in [0, 0.05) is 17.9 Å². The molecule has 3 N–H and O–H groups in total. The van der Waals surface area contributed by atoms with Crippen LogP contribution >= 0.6 is 11.3 Å². The van der Waals surface area contributed by atoms with E-state index in [2.05, 4.69) is 6.92 Å². The van der Waals surface area contributed by atoms with Crippen LogP contribution in [0.15, 0.2) is 12.1 Å². The molecule has 1 heterocycles. The number of aryl methyl sites for hydroxylation is 1. The molecule has 1 aromatic rings. The van der Waals surface area contributed by atoms with E-state index in [0.717, 1.165) is 17.7 Å². The second kappa shape index (κ2) is 9.07. The van der Waals surface area contributed by atoms with Crippen LogP contribution < -0.4 is 0 Å². The van der Waals surface area contributed by atoms with Crippen molar-refractivity contribution in [2.24, 2.45) is 0 Å². The first-order chi connectivity index (χ1) is 9.58. The molecule has 0 aliphatic rings. The molecule has 0 radical (unpaired) electrons. The fraction of sp³-hybridized carbons (Fsp3) is 0.643. The summed E-state index contributed by atoms with van der Waals surface area (Å²) in [4.78, 5) is 13.4. The molecule has 1 rings (SSSR count). The lowest BCUT2D eigenvalue weighted by Crippen LogP contribution is -2.28. The molecule has 2 unspecified atom stereocenters. The molecular formula is C14H22O5S. The lowest BCUT2D eigenvalue weighted by Gasteiger charge is -2.16. The van der Waals surface area contributed by atoms with E-state index in [4.69, 9.17) is 9.84 Å². The predicted molar refractivity (Wildman–Crippen MR) is 76.9 cm³/mol. The van der Waals surface area contributed by atoms with Crippen LogP contribution in [-0.4, -0.2) is 46.7 Å². The summed E-state index contributed by atoms with van der Waals surface area (Å²) >= 11 is 1.42. The highest BCUT2D eigenvalue weighted by Gasteiger charge is 2.17. The number of hydrogen-bond donors (Lipinski definition) is 3. The maximum atomic E-state index is 11.7. The fourth-order valence-electron chi connectivity index (χ4n) is 1.73. The summed E-state index contributed by atoms with van der Waals surface area (Å²) in [6.07, 6.45) is 0.264. The third-order valence-electron chi connectivity index (χ3n) is 2.88. The molecule has 0 aromatic carbocycles. The highest BCUT2D eigenvalue weighted by molar-refractivity contribution is 7.13. The molecule has 2 atom stereocenters. The number of hydrogen-bond acceptors (Lipinski definition) is 6. The summed E-state index contributed by atoms with van der Waals surface area (Å²) in [5, 5.41) is 27.6. The molecule has 5 nitrogen and oxygen atoms in total. The largest absolute Gasteiger partial charge is 0.461 e. The molecular weight excluding hydrogens is 280 g/mol. The van der Waals surface area contributed by atoms with Gasteiger partial charge in [0.15, 0.2) is 0 Å². The van der Waals surface area contributed by atoms with Crippen molar-refractivity contribution in [1.82, 2.24) is 0 Å². The van der Waals surface area contributed by atoms with Gasteiger partial charge in [-0.05, 0) is 25.0 Å². The van der Waals surface area contributed by atoms with Crippen molar-refractivity contribution in [3.63, 3.8) is 0 Å². The Balaban J connectivity index is 2.32. The minimum Gasteiger partial charge on any atom is -0.461 e. The van der Waals surface area contributed by atoms with Crippen molar-refractivity contribution in [3.8, 4) is 0 Å². The molecule has 6 heteroatoms. The maximum Gasteiger partial charge on any atom is 0.348 e. The fourth-order valence-corrected chi connectivity index (χ4v) is 2.73. The van der Waals surface area contributed by atoms with Gasteiger partial charge in [-0.3, -0.25) is 0 Å². The van der Waals surface area contributed by atoms with Crippen molar-refractivity contribution in [1.29, 1.82) is 0 Å². The highest BCUT2D eigenvalue weighted by atomic mass is 32.1. The summed E-state index contributed by atoms with van der Waals surface area (Å²) in [6, 6.07) is 3.67. The van der Waals surface area contributed by atoms with Crippen LogP contribution in [0.3, 0.4) is 0 Å². The maximum absolute atomic E-state index is 11.7. The number of aliphatic hydroxyl groups excluding tert-OH is 3. The molecule has 0 fully saturated rings. The van der Waals surface area contributed by atoms with Gasteiger partial charge < -0.3 is 20.1 Å². The second-order valence-electron chi connectivity index (χ2n) is 4.59. The zero-order valence-corrected chi connectivity index (χ0v) is 12.4. The molecule has 0 amide bonds. The quantitative estimate of drug-likeness (QED) is 0.599. The Morgan fingerprint density at radius 1 is 1.30 bits per heavy atom. The summed E-state index contributed by atoms with van der Waals surface area (Å²) in [5.41, 5.74) is 0. The van der Waals surface area contributed by atoms with Crippen molar-refractivity contribution >= 4 is 17.3 Å². The molecule has 20 heavy (non-hydrogen) atoms. The van der Waals surface area contributed by atoms with Crippen LogP contribution in [0.25, 0.3) is 0 Å². The smallest absolute Gasteiger partial charge is 0.348 e. The van der Waals surface area contributed by atoms with E-state index in [1.54, 1.807) is 6.07 Å². The number of aliphatic hydroxyl groups is 3. The van der Waals surface area contributed by atoms with E-state index in [1.807, 2.05) is 6.07 Å². The van der Waals surface area contributed by atoms with Gasteiger partial charge >= 0.3 is 5.97 Å². The van der Waals surface area contributed by atoms with Gasteiger partial charge in [-0.2, -0.15) is 0 Å². The van der Waals surface area contributed by atoms with Crippen LogP contribution in [0, 0.1) is 0 Å². The van der Waals surface area contributed by atoms with Crippen LogP contribution in [-0.2, 0) is 11.2 Å². The number of carbonyl (C=O) groups is 1. The summed E-state index contributed by atoms with van der Waals surface area (Å²) in [6.45, 7) is 1.94. The number of ether oxygens (including phenoxy) is 1. The van der Waals surface area contributed by atoms with Crippen molar-refractivity contribution in [3.05, 3.63) is 21.9 Å². The SMILES string of the molecule is CCCc1ccc(C(=O)OCCC(O)C(O)CCO)s1. The Labute approximate surface area is 122 Å². The van der Waals surface area contributed by atoms with E-state index in [1.165, 1.54) is 11.3 Å². The van der Waals surface area contributed by atoms with Crippen LogP contribution in [0.2, 0.25) is 0 Å². The van der Waals surface area contributed by atoms with E-state index in [9.17, 15) is 15.0 Å². The molecule has 0 bridgehead atoms. The van der Waals surface area contributed by atoms with Gasteiger partial charge in [0.05, 0.1) is 18.8 Å². The molecule has 0 spiro atoms. The normalized spacial score (nSPS) is 14.0. The van der Waals surface area contributed by atoms with Gasteiger partial charge in [0.2, 0.25) is 0 Å². The van der Waals surface area contributed by atoms with Crippen molar-refractivity contribution in [2.75, 3.05) is 13.2 Å². The molecule has 1 aromatic heterocycles. The Morgan fingerprint density at radius 3 is 2.65 bits per heavy atom. The van der Waals surface area contributed by atoms with E-state index < -0.39 is 18.2 Å². The van der Waals surface area contributed by atoms with Crippen molar-refractivity contribution < 1.29 is 24.9 Å². The van der Waals surface area contributed by atoms with E-state index in [-0.39, 0.29) is 26.1 Å². The number of thiophene rings is 1. The topological polar surface area (TPSA) is 87.0 Å². The first kappa shape index (κ1) is 17.1. The number of rotatable bonds is 9. The lowest BCUT2D eigenvalue weighted by molar-refractivity contribution is -0.0118. The van der Waals surface area contributed by atoms with E-state index >= 15 is 0 Å². The average Bonchev–Trinajstić information content (AvgIpc) is 2.88. The molecule has 0 aliphatic carbocycles. The lowest BCUT2D eigenvalue weighted by atomic mass is 10.1. The first-order valence-corrected chi connectivity index (χ1v) is 7.63. The van der Waals surface area contributed by atoms with Gasteiger partial charge in [-0.25, -0.2) is 4.79 Å². The zero-order valence-electron chi connectivity index (χ0n) is 11.6. The summed E-state index contributed by atoms with van der Waals surface area (Å²) in [7, 11) is 0. The van der Waals surface area contributed by atoms with Crippen LogP contribution in [0.1, 0.15) is 40.7 Å². The summed E-state index contributed by atoms with van der Waals surface area (Å²) < 4.78 is 5.06. The summed E-state index contributed by atoms with van der Waals surface area (Å²) in [5.74, 6) is -0.402. The van der Waals surface area contributed by atoms with Gasteiger partial charge in [-0.1, -0.05) is 13.3 Å². The van der Waals surface area contributed by atoms with Gasteiger partial charge in [0.25, 0.3) is 0 Å². The number of esters is 1.